The zero-order valence-electron chi connectivity index (χ0n) is 14.1. The van der Waals surface area contributed by atoms with Gasteiger partial charge in [-0.2, -0.15) is 0 Å². The van der Waals surface area contributed by atoms with Crippen molar-refractivity contribution in [3.8, 4) is 0 Å². The summed E-state index contributed by atoms with van der Waals surface area (Å²) in [6, 6.07) is 6.27. The summed E-state index contributed by atoms with van der Waals surface area (Å²) in [5, 5.41) is 0. The second-order valence-corrected chi connectivity index (χ2v) is 7.31. The van der Waals surface area contributed by atoms with Crippen LogP contribution in [-0.2, 0) is 21.3 Å². The lowest BCUT2D eigenvalue weighted by Crippen LogP contribution is -1.98. The predicted octanol–water partition coefficient (Wildman–Crippen LogP) is 4.29. The molecule has 0 aliphatic rings. The van der Waals surface area contributed by atoms with Gasteiger partial charge in [0, 0.05) is 13.2 Å². The molecule has 0 aliphatic carbocycles. The molecule has 0 fully saturated rings. The second kappa shape index (κ2) is 11.6. The molecule has 132 valence electrons. The van der Waals surface area contributed by atoms with Gasteiger partial charge in [-0.05, 0) is 43.4 Å². The fraction of sp³-hybridized carbons (Fsp3) is 0.667. The Kier molecular flexibility index (Phi) is 10.2. The van der Waals surface area contributed by atoms with Crippen LogP contribution in [0.4, 0.5) is 0 Å². The Balaban J connectivity index is 2.01. The minimum Gasteiger partial charge on any atom is -0.744 e. The molecule has 1 aromatic carbocycles. The number of hydrogen-bond acceptors (Lipinski definition) is 4. The predicted molar refractivity (Wildman–Crippen MR) is 91.5 cm³/mol. The molecule has 0 bridgehead atoms. The van der Waals surface area contributed by atoms with Gasteiger partial charge < -0.3 is 9.29 Å². The largest absolute Gasteiger partial charge is 0.744 e. The fourth-order valence-electron chi connectivity index (χ4n) is 2.41. The van der Waals surface area contributed by atoms with E-state index in [0.717, 1.165) is 44.5 Å². The van der Waals surface area contributed by atoms with Crippen LogP contribution in [0.2, 0.25) is 0 Å². The first kappa shape index (κ1) is 20.1. The highest BCUT2D eigenvalue weighted by atomic mass is 32.2. The second-order valence-electron chi connectivity index (χ2n) is 5.94. The van der Waals surface area contributed by atoms with E-state index in [1.807, 2.05) is 0 Å². The minimum absolute atomic E-state index is 0.151. The van der Waals surface area contributed by atoms with Crippen molar-refractivity contribution in [3.05, 3.63) is 29.8 Å². The maximum Gasteiger partial charge on any atom is 0.124 e. The van der Waals surface area contributed by atoms with Crippen molar-refractivity contribution in [2.45, 2.75) is 69.6 Å². The third kappa shape index (κ3) is 9.74. The van der Waals surface area contributed by atoms with E-state index in [-0.39, 0.29) is 4.90 Å². The van der Waals surface area contributed by atoms with Crippen LogP contribution in [0.5, 0.6) is 0 Å². The SMILES string of the molecule is CCCCOCCCCCCCCc1ccc(S(=O)(=O)[O-])cc1. The molecule has 0 saturated heterocycles. The van der Waals surface area contributed by atoms with Crippen molar-refractivity contribution in [2.24, 2.45) is 0 Å². The number of unbranched alkanes of at least 4 members (excludes halogenated alkanes) is 6. The first-order valence-corrected chi connectivity index (χ1v) is 10.1. The highest BCUT2D eigenvalue weighted by molar-refractivity contribution is 7.85. The minimum atomic E-state index is -4.33. The Bertz CT molecular complexity index is 508. The van der Waals surface area contributed by atoms with Crippen LogP contribution < -0.4 is 0 Å². The molecule has 0 amide bonds. The molecule has 0 spiro atoms. The standard InChI is InChI=1S/C18H30O4S/c1-2-3-15-22-16-9-7-5-4-6-8-10-17-11-13-18(14-12-17)23(19,20)21/h11-14H,2-10,15-16H2,1H3,(H,19,20,21)/p-1. The van der Waals surface area contributed by atoms with Crippen molar-refractivity contribution >= 4 is 10.1 Å². The Hall–Kier alpha value is -0.910. The lowest BCUT2D eigenvalue weighted by atomic mass is 10.1. The molecule has 0 aliphatic heterocycles. The molecule has 0 heterocycles. The molecule has 0 aromatic heterocycles. The van der Waals surface area contributed by atoms with Crippen LogP contribution in [0.25, 0.3) is 0 Å². The molecule has 4 nitrogen and oxygen atoms in total. The summed E-state index contributed by atoms with van der Waals surface area (Å²) in [6.45, 7) is 3.95. The van der Waals surface area contributed by atoms with Gasteiger partial charge in [0.2, 0.25) is 0 Å². The van der Waals surface area contributed by atoms with E-state index >= 15 is 0 Å². The summed E-state index contributed by atoms with van der Waals surface area (Å²) < 4.78 is 38.0. The van der Waals surface area contributed by atoms with Gasteiger partial charge in [0.15, 0.2) is 0 Å². The number of rotatable bonds is 13. The Morgan fingerprint density at radius 1 is 0.870 bits per heavy atom. The van der Waals surface area contributed by atoms with E-state index in [0.29, 0.717) is 0 Å². The summed E-state index contributed by atoms with van der Waals surface area (Å²) in [5.41, 5.74) is 1.08. The third-order valence-corrected chi connectivity index (χ3v) is 4.71. The van der Waals surface area contributed by atoms with Crippen molar-refractivity contribution < 1.29 is 17.7 Å². The normalized spacial score (nSPS) is 11.7. The maximum atomic E-state index is 10.8. The number of aryl methyl sites for hydroxylation is 1. The Morgan fingerprint density at radius 2 is 1.43 bits per heavy atom. The van der Waals surface area contributed by atoms with Gasteiger partial charge in [-0.25, -0.2) is 8.42 Å². The molecule has 5 heteroatoms. The van der Waals surface area contributed by atoms with Gasteiger partial charge >= 0.3 is 0 Å². The fourth-order valence-corrected chi connectivity index (χ4v) is 2.88. The van der Waals surface area contributed by atoms with Crippen LogP contribution in [0, 0.1) is 0 Å². The molecular formula is C18H29O4S-. The summed E-state index contributed by atoms with van der Waals surface area (Å²) in [7, 11) is -4.33. The zero-order valence-corrected chi connectivity index (χ0v) is 14.9. The van der Waals surface area contributed by atoms with Crippen LogP contribution in [-0.4, -0.2) is 26.2 Å². The van der Waals surface area contributed by atoms with E-state index in [2.05, 4.69) is 6.92 Å². The zero-order chi connectivity index (χ0) is 17.0. The molecule has 0 saturated carbocycles. The van der Waals surface area contributed by atoms with Gasteiger partial charge in [0.05, 0.1) is 4.90 Å². The monoisotopic (exact) mass is 341 g/mol. The van der Waals surface area contributed by atoms with Gasteiger partial charge in [-0.3, -0.25) is 0 Å². The van der Waals surface area contributed by atoms with Crippen molar-refractivity contribution in [1.29, 1.82) is 0 Å². The van der Waals surface area contributed by atoms with Gasteiger partial charge in [0.25, 0.3) is 0 Å². The van der Waals surface area contributed by atoms with Gasteiger partial charge in [-0.15, -0.1) is 0 Å². The highest BCUT2D eigenvalue weighted by Gasteiger charge is 2.01. The lowest BCUT2D eigenvalue weighted by molar-refractivity contribution is 0.127. The molecular weight excluding hydrogens is 312 g/mol. The summed E-state index contributed by atoms with van der Waals surface area (Å²) >= 11 is 0. The molecule has 0 radical (unpaired) electrons. The average Bonchev–Trinajstić information content (AvgIpc) is 2.52. The Labute approximate surface area is 141 Å². The van der Waals surface area contributed by atoms with Crippen LogP contribution >= 0.6 is 0 Å². The highest BCUT2D eigenvalue weighted by Crippen LogP contribution is 2.13. The smallest absolute Gasteiger partial charge is 0.124 e. The van der Waals surface area contributed by atoms with E-state index in [9.17, 15) is 13.0 Å². The average molecular weight is 341 g/mol. The van der Waals surface area contributed by atoms with Gasteiger partial charge in [-0.1, -0.05) is 51.2 Å². The van der Waals surface area contributed by atoms with E-state index < -0.39 is 10.1 Å². The lowest BCUT2D eigenvalue weighted by Gasteiger charge is -2.08. The third-order valence-electron chi connectivity index (χ3n) is 3.86. The van der Waals surface area contributed by atoms with E-state index in [1.54, 1.807) is 12.1 Å². The summed E-state index contributed by atoms with van der Waals surface area (Å²) in [4.78, 5) is -0.151. The first-order chi connectivity index (χ1) is 11.0. The van der Waals surface area contributed by atoms with Crippen molar-refractivity contribution in [1.82, 2.24) is 0 Å². The topological polar surface area (TPSA) is 66.4 Å². The maximum absolute atomic E-state index is 10.8. The number of benzene rings is 1. The summed E-state index contributed by atoms with van der Waals surface area (Å²) in [6.07, 6.45) is 10.4. The molecule has 0 N–H and O–H groups in total. The first-order valence-electron chi connectivity index (χ1n) is 8.66. The quantitative estimate of drug-likeness (QED) is 0.396. The van der Waals surface area contributed by atoms with Crippen LogP contribution in [0.15, 0.2) is 29.2 Å². The number of ether oxygens (including phenoxy) is 1. The van der Waals surface area contributed by atoms with Crippen molar-refractivity contribution in [2.75, 3.05) is 13.2 Å². The van der Waals surface area contributed by atoms with Crippen molar-refractivity contribution in [3.63, 3.8) is 0 Å². The van der Waals surface area contributed by atoms with E-state index in [1.165, 1.54) is 44.2 Å². The summed E-state index contributed by atoms with van der Waals surface area (Å²) in [5.74, 6) is 0. The molecule has 0 unspecified atom stereocenters. The van der Waals surface area contributed by atoms with Gasteiger partial charge in [0.1, 0.15) is 10.1 Å². The number of hydrogen-bond donors (Lipinski definition) is 0. The molecule has 0 atom stereocenters. The Morgan fingerprint density at radius 3 is 2.04 bits per heavy atom. The van der Waals surface area contributed by atoms with E-state index in [4.69, 9.17) is 4.74 Å². The molecule has 1 aromatic rings. The molecule has 23 heavy (non-hydrogen) atoms. The van der Waals surface area contributed by atoms with Crippen LogP contribution in [0.1, 0.15) is 63.9 Å². The molecule has 1 rings (SSSR count). The van der Waals surface area contributed by atoms with Crippen LogP contribution in [0.3, 0.4) is 0 Å².